The van der Waals surface area contributed by atoms with Gasteiger partial charge in [0.15, 0.2) is 11.6 Å². The number of halogens is 1. The highest BCUT2D eigenvalue weighted by atomic mass is 19.1. The van der Waals surface area contributed by atoms with Gasteiger partial charge in [-0.25, -0.2) is 4.39 Å². The highest BCUT2D eigenvalue weighted by Crippen LogP contribution is 2.18. The van der Waals surface area contributed by atoms with Gasteiger partial charge < -0.3 is 15.2 Å². The monoisotopic (exact) mass is 267 g/mol. The molecule has 19 heavy (non-hydrogen) atoms. The molecule has 0 bridgehead atoms. The summed E-state index contributed by atoms with van der Waals surface area (Å²) in [4.78, 5) is 2.21. The van der Waals surface area contributed by atoms with E-state index in [0.29, 0.717) is 12.2 Å². The number of hydrogen-bond donors (Lipinski definition) is 2. The maximum atomic E-state index is 13.7. The van der Waals surface area contributed by atoms with E-state index in [9.17, 15) is 4.39 Å². The van der Waals surface area contributed by atoms with Crippen LogP contribution in [-0.4, -0.2) is 50.2 Å². The van der Waals surface area contributed by atoms with Crippen LogP contribution in [0.25, 0.3) is 0 Å². The molecule has 5 nitrogen and oxygen atoms in total. The molecular weight excluding hydrogens is 249 g/mol. The molecule has 2 rings (SSSR count). The van der Waals surface area contributed by atoms with E-state index in [1.807, 2.05) is 0 Å². The molecule has 1 aromatic carbocycles. The molecule has 1 heterocycles. The zero-order valence-electron chi connectivity index (χ0n) is 10.7. The predicted octanol–water partition coefficient (Wildman–Crippen LogP) is 0.821. The second-order valence-electron chi connectivity index (χ2n) is 4.36. The molecule has 0 spiro atoms. The summed E-state index contributed by atoms with van der Waals surface area (Å²) in [5.74, 6) is -0.452. The number of nitrogens with one attached hydrogen (secondary N) is 1. The van der Waals surface area contributed by atoms with Crippen molar-refractivity contribution in [1.82, 2.24) is 4.90 Å². The van der Waals surface area contributed by atoms with Crippen molar-refractivity contribution in [2.24, 2.45) is 5.73 Å². The minimum atomic E-state index is -0.491. The zero-order chi connectivity index (χ0) is 13.7. The van der Waals surface area contributed by atoms with Crippen molar-refractivity contribution in [2.45, 2.75) is 0 Å². The number of benzene rings is 1. The number of hydrogen-bond acceptors (Lipinski definition) is 4. The lowest BCUT2D eigenvalue weighted by Gasteiger charge is -2.26. The Morgan fingerprint density at radius 2 is 2.16 bits per heavy atom. The fraction of sp³-hybridized carbons (Fsp3) is 0.462. The minimum Gasteiger partial charge on any atom is -0.489 e. The first-order valence-electron chi connectivity index (χ1n) is 6.23. The number of nitrogen functional groups attached to an aromatic ring is 1. The average Bonchev–Trinajstić information content (AvgIpc) is 2.41. The van der Waals surface area contributed by atoms with Gasteiger partial charge in [0.25, 0.3) is 0 Å². The Morgan fingerprint density at radius 1 is 1.42 bits per heavy atom. The van der Waals surface area contributed by atoms with Crippen LogP contribution in [0.4, 0.5) is 4.39 Å². The smallest absolute Gasteiger partial charge is 0.165 e. The first kappa shape index (κ1) is 13.8. The summed E-state index contributed by atoms with van der Waals surface area (Å²) < 4.78 is 24.3. The van der Waals surface area contributed by atoms with E-state index in [4.69, 9.17) is 20.6 Å². The maximum Gasteiger partial charge on any atom is 0.165 e. The van der Waals surface area contributed by atoms with Crippen molar-refractivity contribution in [1.29, 1.82) is 5.41 Å². The molecule has 1 fully saturated rings. The van der Waals surface area contributed by atoms with E-state index >= 15 is 0 Å². The topological polar surface area (TPSA) is 71.6 Å². The Morgan fingerprint density at radius 3 is 2.79 bits per heavy atom. The molecule has 0 saturated carbocycles. The third-order valence-electron chi connectivity index (χ3n) is 3.01. The SMILES string of the molecule is N=C(N)c1ccc(OCCN2CCOCC2)c(F)c1. The second-order valence-corrected chi connectivity index (χ2v) is 4.36. The van der Waals surface area contributed by atoms with Crippen molar-refractivity contribution in [3.05, 3.63) is 29.6 Å². The summed E-state index contributed by atoms with van der Waals surface area (Å²) in [6.45, 7) is 4.42. The van der Waals surface area contributed by atoms with Crippen LogP contribution in [0.15, 0.2) is 18.2 Å². The summed E-state index contributed by atoms with van der Waals surface area (Å²) in [5, 5.41) is 7.23. The fourth-order valence-electron chi connectivity index (χ4n) is 1.89. The van der Waals surface area contributed by atoms with E-state index in [-0.39, 0.29) is 11.6 Å². The summed E-state index contributed by atoms with van der Waals surface area (Å²) in [5.41, 5.74) is 5.65. The summed E-state index contributed by atoms with van der Waals surface area (Å²) >= 11 is 0. The molecule has 0 radical (unpaired) electrons. The molecule has 3 N–H and O–H groups in total. The Hall–Kier alpha value is -1.66. The predicted molar refractivity (Wildman–Crippen MR) is 70.2 cm³/mol. The van der Waals surface area contributed by atoms with Crippen LogP contribution >= 0.6 is 0 Å². The van der Waals surface area contributed by atoms with Gasteiger partial charge in [-0.3, -0.25) is 10.3 Å². The summed E-state index contributed by atoms with van der Waals surface area (Å²) in [7, 11) is 0. The Kier molecular flexibility index (Phi) is 4.70. The highest BCUT2D eigenvalue weighted by Gasteiger charge is 2.11. The quantitative estimate of drug-likeness (QED) is 0.612. The van der Waals surface area contributed by atoms with Gasteiger partial charge in [-0.05, 0) is 18.2 Å². The van der Waals surface area contributed by atoms with Crippen molar-refractivity contribution < 1.29 is 13.9 Å². The second kappa shape index (κ2) is 6.49. The number of amidine groups is 1. The summed E-state index contributed by atoms with van der Waals surface area (Å²) in [6.07, 6.45) is 0. The van der Waals surface area contributed by atoms with Gasteiger partial charge in [0, 0.05) is 25.2 Å². The fourth-order valence-corrected chi connectivity index (χ4v) is 1.89. The first-order chi connectivity index (χ1) is 9.16. The molecule has 1 saturated heterocycles. The third kappa shape index (κ3) is 3.90. The van der Waals surface area contributed by atoms with Gasteiger partial charge in [-0.2, -0.15) is 0 Å². The van der Waals surface area contributed by atoms with Crippen LogP contribution in [0, 0.1) is 11.2 Å². The lowest BCUT2D eigenvalue weighted by Crippen LogP contribution is -2.38. The first-order valence-corrected chi connectivity index (χ1v) is 6.23. The van der Waals surface area contributed by atoms with E-state index in [1.165, 1.54) is 12.1 Å². The van der Waals surface area contributed by atoms with Crippen LogP contribution in [0.1, 0.15) is 5.56 Å². The highest BCUT2D eigenvalue weighted by molar-refractivity contribution is 5.95. The van der Waals surface area contributed by atoms with Gasteiger partial charge in [-0.1, -0.05) is 0 Å². The third-order valence-corrected chi connectivity index (χ3v) is 3.01. The van der Waals surface area contributed by atoms with E-state index in [0.717, 1.165) is 32.8 Å². The normalized spacial score (nSPS) is 16.3. The molecule has 6 heteroatoms. The van der Waals surface area contributed by atoms with Gasteiger partial charge >= 0.3 is 0 Å². The average molecular weight is 267 g/mol. The lowest BCUT2D eigenvalue weighted by atomic mass is 10.2. The Labute approximate surface area is 111 Å². The molecule has 0 aliphatic carbocycles. The van der Waals surface area contributed by atoms with E-state index in [2.05, 4.69) is 4.90 Å². The van der Waals surface area contributed by atoms with Crippen LogP contribution in [0.5, 0.6) is 5.75 Å². The number of nitrogens with zero attached hydrogens (tertiary/aromatic N) is 1. The van der Waals surface area contributed by atoms with Crippen molar-refractivity contribution in [3.63, 3.8) is 0 Å². The zero-order valence-corrected chi connectivity index (χ0v) is 10.7. The molecule has 0 unspecified atom stereocenters. The lowest BCUT2D eigenvalue weighted by molar-refractivity contribution is 0.0320. The van der Waals surface area contributed by atoms with Crippen LogP contribution in [-0.2, 0) is 4.74 Å². The Balaban J connectivity index is 1.83. The number of rotatable bonds is 5. The molecule has 0 aromatic heterocycles. The number of morpholine rings is 1. The van der Waals surface area contributed by atoms with Crippen molar-refractivity contribution in [3.8, 4) is 5.75 Å². The van der Waals surface area contributed by atoms with Crippen molar-refractivity contribution >= 4 is 5.84 Å². The van der Waals surface area contributed by atoms with Crippen LogP contribution in [0.2, 0.25) is 0 Å². The van der Waals surface area contributed by atoms with Crippen LogP contribution in [0.3, 0.4) is 0 Å². The molecule has 104 valence electrons. The molecule has 1 aliphatic rings. The van der Waals surface area contributed by atoms with E-state index < -0.39 is 5.82 Å². The van der Waals surface area contributed by atoms with E-state index in [1.54, 1.807) is 6.07 Å². The number of ether oxygens (including phenoxy) is 2. The molecular formula is C13H18FN3O2. The van der Waals surface area contributed by atoms with Gasteiger partial charge in [0.1, 0.15) is 12.4 Å². The molecule has 0 atom stereocenters. The van der Waals surface area contributed by atoms with Crippen LogP contribution < -0.4 is 10.5 Å². The number of nitrogens with two attached hydrogens (primary N) is 1. The molecule has 1 aliphatic heterocycles. The molecule has 1 aromatic rings. The maximum absolute atomic E-state index is 13.7. The van der Waals surface area contributed by atoms with Gasteiger partial charge in [-0.15, -0.1) is 0 Å². The van der Waals surface area contributed by atoms with Gasteiger partial charge in [0.05, 0.1) is 13.2 Å². The van der Waals surface area contributed by atoms with Crippen molar-refractivity contribution in [2.75, 3.05) is 39.5 Å². The molecule has 0 amide bonds. The largest absolute Gasteiger partial charge is 0.489 e. The Bertz CT molecular complexity index is 448. The van der Waals surface area contributed by atoms with Gasteiger partial charge in [0.2, 0.25) is 0 Å². The minimum absolute atomic E-state index is 0.154. The standard InChI is InChI=1S/C13H18FN3O2/c14-11-9-10(13(15)16)1-2-12(11)19-8-5-17-3-6-18-7-4-17/h1-2,9H,3-8H2,(H3,15,16). The summed E-state index contributed by atoms with van der Waals surface area (Å²) in [6, 6.07) is 4.30.